The minimum atomic E-state index is -4.18. The number of anilines is 1. The number of fused-ring (bicyclic) bond motifs is 1. The molecular weight excluding hydrogens is 500 g/mol. The quantitative estimate of drug-likeness (QED) is 0.429. The van der Waals surface area contributed by atoms with E-state index in [9.17, 15) is 18.0 Å². The molecule has 38 heavy (non-hydrogen) atoms. The molecule has 0 spiro atoms. The van der Waals surface area contributed by atoms with E-state index in [1.165, 1.54) is 6.07 Å². The van der Waals surface area contributed by atoms with Crippen LogP contribution in [-0.4, -0.2) is 68.2 Å². The van der Waals surface area contributed by atoms with Gasteiger partial charge in [-0.25, -0.2) is 12.7 Å². The van der Waals surface area contributed by atoms with E-state index in [0.717, 1.165) is 9.87 Å². The Hall–Kier alpha value is -3.27. The Morgan fingerprint density at radius 3 is 2.21 bits per heavy atom. The summed E-state index contributed by atoms with van der Waals surface area (Å²) in [6.07, 6.45) is 1.12. The standard InChI is InChI=1S/C29H36N4O4S/c1-4-32(5-2)20-28(34)33(22-16-18-30-19-17-22)38(36,37)27-15-14-26(24-12-8-9-13-25(24)27)31-29(35)23-11-7-6-10-21(23)3/h6-15,22,30H,4-5,16-20H2,1-3H3,(H,31,35). The molecule has 2 N–H and O–H groups in total. The van der Waals surface area contributed by atoms with Crippen molar-refractivity contribution in [3.63, 3.8) is 0 Å². The minimum Gasteiger partial charge on any atom is -0.321 e. The van der Waals surface area contributed by atoms with E-state index < -0.39 is 22.0 Å². The van der Waals surface area contributed by atoms with Crippen molar-refractivity contribution in [3.8, 4) is 0 Å². The number of carbonyl (C=O) groups is 2. The molecule has 0 aromatic heterocycles. The molecule has 2 amide bonds. The Labute approximate surface area is 225 Å². The maximum absolute atomic E-state index is 14.2. The molecule has 0 saturated carbocycles. The smallest absolute Gasteiger partial charge is 0.267 e. The molecule has 1 saturated heterocycles. The molecule has 1 aliphatic heterocycles. The highest BCUT2D eigenvalue weighted by molar-refractivity contribution is 7.90. The number of hydrogen-bond acceptors (Lipinski definition) is 6. The molecule has 4 rings (SSSR count). The number of nitrogens with zero attached hydrogens (tertiary/aromatic N) is 2. The number of hydrogen-bond donors (Lipinski definition) is 2. The normalized spacial score (nSPS) is 14.5. The van der Waals surface area contributed by atoms with Crippen LogP contribution >= 0.6 is 0 Å². The van der Waals surface area contributed by atoms with Gasteiger partial charge >= 0.3 is 0 Å². The van der Waals surface area contributed by atoms with E-state index >= 15 is 0 Å². The van der Waals surface area contributed by atoms with Gasteiger partial charge in [-0.1, -0.05) is 56.3 Å². The first-order valence-corrected chi connectivity index (χ1v) is 14.6. The van der Waals surface area contributed by atoms with Crippen molar-refractivity contribution in [2.24, 2.45) is 0 Å². The van der Waals surface area contributed by atoms with Gasteiger partial charge < -0.3 is 10.6 Å². The van der Waals surface area contributed by atoms with Crippen LogP contribution in [0.1, 0.15) is 42.6 Å². The SMILES string of the molecule is CCN(CC)CC(=O)N(C1CCNCC1)S(=O)(=O)c1ccc(NC(=O)c2ccccc2C)c2ccccc12. The molecule has 3 aromatic rings. The number of nitrogens with one attached hydrogen (secondary N) is 2. The van der Waals surface area contributed by atoms with Crippen LogP contribution in [0.4, 0.5) is 5.69 Å². The topological polar surface area (TPSA) is 98.8 Å². The zero-order valence-electron chi connectivity index (χ0n) is 22.2. The van der Waals surface area contributed by atoms with Gasteiger partial charge in [-0.15, -0.1) is 0 Å². The summed E-state index contributed by atoms with van der Waals surface area (Å²) in [6.45, 7) is 8.43. The zero-order chi connectivity index (χ0) is 27.3. The number of amides is 2. The predicted octanol–water partition coefficient (Wildman–Crippen LogP) is 4.01. The Bertz CT molecular complexity index is 1410. The number of sulfonamides is 1. The molecule has 8 nitrogen and oxygen atoms in total. The molecule has 1 aliphatic rings. The third kappa shape index (κ3) is 5.75. The molecule has 0 unspecified atom stereocenters. The van der Waals surface area contributed by atoms with Crippen molar-refractivity contribution in [2.45, 2.75) is 44.6 Å². The molecule has 1 fully saturated rings. The summed E-state index contributed by atoms with van der Waals surface area (Å²) in [4.78, 5) is 28.6. The van der Waals surface area contributed by atoms with Crippen molar-refractivity contribution in [2.75, 3.05) is 38.0 Å². The van der Waals surface area contributed by atoms with Crippen LogP contribution in [0, 0.1) is 6.92 Å². The number of benzene rings is 3. The van der Waals surface area contributed by atoms with Crippen LogP contribution in [0.2, 0.25) is 0 Å². The first-order valence-electron chi connectivity index (χ1n) is 13.2. The second kappa shape index (κ2) is 12.1. The third-order valence-electron chi connectivity index (χ3n) is 7.20. The fourth-order valence-electron chi connectivity index (χ4n) is 5.01. The highest BCUT2D eigenvalue weighted by Crippen LogP contribution is 2.33. The van der Waals surface area contributed by atoms with E-state index in [2.05, 4.69) is 10.6 Å². The average molecular weight is 537 g/mol. The largest absolute Gasteiger partial charge is 0.321 e. The van der Waals surface area contributed by atoms with Crippen LogP contribution in [0.25, 0.3) is 10.8 Å². The lowest BCUT2D eigenvalue weighted by Crippen LogP contribution is -2.52. The summed E-state index contributed by atoms with van der Waals surface area (Å²) in [5.41, 5.74) is 1.90. The van der Waals surface area contributed by atoms with Crippen LogP contribution < -0.4 is 10.6 Å². The van der Waals surface area contributed by atoms with Gasteiger partial charge in [-0.3, -0.25) is 14.5 Å². The van der Waals surface area contributed by atoms with Crippen molar-refractivity contribution < 1.29 is 18.0 Å². The summed E-state index contributed by atoms with van der Waals surface area (Å²) >= 11 is 0. The van der Waals surface area contributed by atoms with Gasteiger partial charge in [0.15, 0.2) is 0 Å². The second-order valence-corrected chi connectivity index (χ2v) is 11.3. The molecule has 202 valence electrons. The second-order valence-electron chi connectivity index (χ2n) is 9.56. The minimum absolute atomic E-state index is 0.0403. The number of likely N-dealkylation sites (N-methyl/N-ethyl adjacent to an activating group) is 1. The molecule has 0 radical (unpaired) electrons. The van der Waals surface area contributed by atoms with Gasteiger partial charge in [0.1, 0.15) is 0 Å². The third-order valence-corrected chi connectivity index (χ3v) is 9.13. The fraction of sp³-hybridized carbons (Fsp3) is 0.379. The molecule has 0 aliphatic carbocycles. The Balaban J connectivity index is 1.76. The van der Waals surface area contributed by atoms with Gasteiger partial charge in [0.25, 0.3) is 21.8 Å². The molecule has 0 atom stereocenters. The number of carbonyl (C=O) groups excluding carboxylic acids is 2. The van der Waals surface area contributed by atoms with E-state index in [1.54, 1.807) is 42.5 Å². The summed E-state index contributed by atoms with van der Waals surface area (Å²) in [5.74, 6) is -0.684. The highest BCUT2D eigenvalue weighted by atomic mass is 32.2. The fourth-order valence-corrected chi connectivity index (χ4v) is 6.85. The lowest BCUT2D eigenvalue weighted by Gasteiger charge is -2.35. The van der Waals surface area contributed by atoms with Crippen molar-refractivity contribution in [3.05, 3.63) is 71.8 Å². The van der Waals surface area contributed by atoms with Crippen molar-refractivity contribution in [1.29, 1.82) is 0 Å². The first-order chi connectivity index (χ1) is 18.3. The monoisotopic (exact) mass is 536 g/mol. The molecule has 0 bridgehead atoms. The maximum Gasteiger partial charge on any atom is 0.267 e. The highest BCUT2D eigenvalue weighted by Gasteiger charge is 2.37. The van der Waals surface area contributed by atoms with E-state index in [4.69, 9.17) is 0 Å². The average Bonchev–Trinajstić information content (AvgIpc) is 2.92. The van der Waals surface area contributed by atoms with Crippen molar-refractivity contribution in [1.82, 2.24) is 14.5 Å². The first kappa shape index (κ1) is 27.8. The summed E-state index contributed by atoms with van der Waals surface area (Å²) < 4.78 is 29.6. The van der Waals surface area contributed by atoms with Gasteiger partial charge in [0.2, 0.25) is 0 Å². The van der Waals surface area contributed by atoms with Crippen molar-refractivity contribution >= 4 is 38.3 Å². The Kier molecular flexibility index (Phi) is 8.81. The lowest BCUT2D eigenvalue weighted by molar-refractivity contribution is -0.129. The number of aryl methyl sites for hydroxylation is 1. The van der Waals surface area contributed by atoms with Gasteiger partial charge in [0.05, 0.1) is 17.5 Å². The predicted molar refractivity (Wildman–Crippen MR) is 151 cm³/mol. The van der Waals surface area contributed by atoms with Gasteiger partial charge in [-0.05, 0) is 69.7 Å². The summed E-state index contributed by atoms with van der Waals surface area (Å²) in [6, 6.07) is 17.1. The van der Waals surface area contributed by atoms with Crippen LogP contribution in [-0.2, 0) is 14.8 Å². The van der Waals surface area contributed by atoms with E-state index in [0.29, 0.717) is 61.0 Å². The Morgan fingerprint density at radius 2 is 1.55 bits per heavy atom. The van der Waals surface area contributed by atoms with Crippen LogP contribution in [0.5, 0.6) is 0 Å². The van der Waals surface area contributed by atoms with E-state index in [-0.39, 0.29) is 17.3 Å². The number of piperidine rings is 1. The molecule has 1 heterocycles. The summed E-state index contributed by atoms with van der Waals surface area (Å²) in [7, 11) is -4.18. The van der Waals surface area contributed by atoms with Gasteiger partial charge in [0, 0.05) is 22.0 Å². The number of rotatable bonds is 9. The molecular formula is C29H36N4O4S. The van der Waals surface area contributed by atoms with Crippen LogP contribution in [0.3, 0.4) is 0 Å². The molecule has 3 aromatic carbocycles. The van der Waals surface area contributed by atoms with Crippen LogP contribution in [0.15, 0.2) is 65.6 Å². The van der Waals surface area contributed by atoms with E-state index in [1.807, 2.05) is 37.8 Å². The molecule has 9 heteroatoms. The Morgan fingerprint density at radius 1 is 0.921 bits per heavy atom. The maximum atomic E-state index is 14.2. The zero-order valence-corrected chi connectivity index (χ0v) is 23.1. The van der Waals surface area contributed by atoms with Gasteiger partial charge in [-0.2, -0.15) is 0 Å². The lowest BCUT2D eigenvalue weighted by atomic mass is 10.1. The summed E-state index contributed by atoms with van der Waals surface area (Å²) in [5, 5.41) is 7.26.